The van der Waals surface area contributed by atoms with E-state index in [1.165, 1.54) is 5.57 Å². The molecule has 252 valence electrons. The number of hydrogen-bond acceptors (Lipinski definition) is 6. The number of carbonyl (C=O) groups excluding carboxylic acids is 2. The average molecular weight is 649 g/mol. The van der Waals surface area contributed by atoms with Crippen molar-refractivity contribution in [2.75, 3.05) is 0 Å². The highest BCUT2D eigenvalue weighted by molar-refractivity contribution is 6.74. The summed E-state index contributed by atoms with van der Waals surface area (Å²) >= 11 is 0. The van der Waals surface area contributed by atoms with Gasteiger partial charge >= 0.3 is 11.9 Å². The molecule has 0 unspecified atom stereocenters. The van der Waals surface area contributed by atoms with E-state index < -0.39 is 16.6 Å². The predicted molar refractivity (Wildman–Crippen MR) is 184 cm³/mol. The molecular formula is C36H64O6Si2. The van der Waals surface area contributed by atoms with E-state index in [1.807, 2.05) is 0 Å². The van der Waals surface area contributed by atoms with Crippen molar-refractivity contribution in [1.29, 1.82) is 0 Å². The van der Waals surface area contributed by atoms with Gasteiger partial charge in [0.15, 0.2) is 16.6 Å². The van der Waals surface area contributed by atoms with Gasteiger partial charge < -0.3 is 18.3 Å². The van der Waals surface area contributed by atoms with Crippen LogP contribution in [0.15, 0.2) is 23.8 Å². The van der Waals surface area contributed by atoms with Crippen molar-refractivity contribution < 1.29 is 27.9 Å². The Hall–Kier alpha value is -1.23. The summed E-state index contributed by atoms with van der Waals surface area (Å²) in [5.41, 5.74) is 1.23. The van der Waals surface area contributed by atoms with Crippen LogP contribution in [0.25, 0.3) is 0 Å². The van der Waals surface area contributed by atoms with Gasteiger partial charge in [-0.1, -0.05) is 80.5 Å². The Balaban J connectivity index is 1.83. The van der Waals surface area contributed by atoms with Crippen LogP contribution in [0.4, 0.5) is 0 Å². The molecule has 0 bridgehead atoms. The molecule has 0 aromatic carbocycles. The number of fused-ring (bicyclic) bond motifs is 1. The monoisotopic (exact) mass is 648 g/mol. The van der Waals surface area contributed by atoms with Crippen molar-refractivity contribution >= 4 is 28.6 Å². The van der Waals surface area contributed by atoms with E-state index in [0.717, 1.165) is 32.1 Å². The second-order valence-corrected chi connectivity index (χ2v) is 26.4. The molecule has 2 aliphatic carbocycles. The molecule has 1 fully saturated rings. The molecule has 0 aromatic rings. The highest BCUT2D eigenvalue weighted by atomic mass is 28.4. The number of allylic oxidation sites excluding steroid dienone is 2. The second-order valence-electron chi connectivity index (χ2n) is 16.8. The summed E-state index contributed by atoms with van der Waals surface area (Å²) in [6.07, 6.45) is 11.3. The molecule has 6 nitrogen and oxygen atoms in total. The minimum absolute atomic E-state index is 0.0760. The molecule has 7 atom stereocenters. The van der Waals surface area contributed by atoms with Crippen molar-refractivity contribution in [3.05, 3.63) is 23.8 Å². The molecule has 8 heteroatoms. The highest BCUT2D eigenvalue weighted by Gasteiger charge is 2.47. The van der Waals surface area contributed by atoms with Crippen molar-refractivity contribution in [3.8, 4) is 0 Å². The maximum atomic E-state index is 13.4. The molecule has 0 radical (unpaired) electrons. The fraction of sp³-hybridized carbons (Fsp3) is 0.833. The van der Waals surface area contributed by atoms with Gasteiger partial charge in [-0.05, 0) is 79.4 Å². The van der Waals surface area contributed by atoms with Gasteiger partial charge in [0.25, 0.3) is 0 Å². The zero-order valence-electron chi connectivity index (χ0n) is 30.3. The van der Waals surface area contributed by atoms with Gasteiger partial charge in [0, 0.05) is 18.8 Å². The Labute approximate surface area is 271 Å². The molecule has 1 aliphatic heterocycles. The number of hydrogen-bond donors (Lipinski definition) is 0. The number of ether oxygens (including phenoxy) is 2. The highest BCUT2D eigenvalue weighted by Crippen LogP contribution is 2.47. The zero-order valence-corrected chi connectivity index (χ0v) is 32.3. The van der Waals surface area contributed by atoms with Gasteiger partial charge in [-0.3, -0.25) is 9.59 Å². The quantitative estimate of drug-likeness (QED) is 0.164. The summed E-state index contributed by atoms with van der Waals surface area (Å²) in [6, 6.07) is 0. The van der Waals surface area contributed by atoms with Gasteiger partial charge in [-0.15, -0.1) is 0 Å². The lowest BCUT2D eigenvalue weighted by Gasteiger charge is -2.46. The Kier molecular flexibility index (Phi) is 12.1. The third-order valence-electron chi connectivity index (χ3n) is 11.5. The first kappa shape index (κ1) is 37.2. The van der Waals surface area contributed by atoms with E-state index in [4.69, 9.17) is 18.3 Å². The summed E-state index contributed by atoms with van der Waals surface area (Å²) in [4.78, 5) is 26.1. The van der Waals surface area contributed by atoms with Gasteiger partial charge in [0.05, 0.1) is 24.5 Å². The van der Waals surface area contributed by atoms with Crippen LogP contribution in [0.3, 0.4) is 0 Å². The maximum Gasteiger partial charge on any atom is 0.309 e. The standard InChI is InChI=1S/C36H64O6Si2/c1-14-25(15-2)34(38)40-31-22-28(41-43(10,11)35(4,5)6)20-26-17-16-24(3)30(33(26)31)19-18-27-21-29(23-32(37)39-27)42-44(12,13)36(7,8)9/h16-17,20,24-25,27-31,33H,14-15,18-19,21-23H2,1-13H3/t24-,27-,28-,29-,30+,31+,33+/m1/s1. The van der Waals surface area contributed by atoms with Gasteiger partial charge in [-0.2, -0.15) is 0 Å². The lowest BCUT2D eigenvalue weighted by Crippen LogP contribution is -2.48. The molecule has 0 saturated carbocycles. The summed E-state index contributed by atoms with van der Waals surface area (Å²) < 4.78 is 25.9. The Morgan fingerprint density at radius 2 is 1.55 bits per heavy atom. The van der Waals surface area contributed by atoms with Gasteiger partial charge in [0.1, 0.15) is 12.2 Å². The first-order chi connectivity index (χ1) is 20.2. The smallest absolute Gasteiger partial charge is 0.309 e. The van der Waals surface area contributed by atoms with Gasteiger partial charge in [0.2, 0.25) is 0 Å². The van der Waals surface area contributed by atoms with E-state index in [-0.39, 0.29) is 64.2 Å². The van der Waals surface area contributed by atoms with Crippen LogP contribution < -0.4 is 0 Å². The topological polar surface area (TPSA) is 71.1 Å². The second kappa shape index (κ2) is 14.3. The Morgan fingerprint density at radius 3 is 2.11 bits per heavy atom. The number of rotatable bonds is 11. The normalized spacial score (nSPS) is 30.1. The molecule has 0 aromatic heterocycles. The van der Waals surface area contributed by atoms with Crippen molar-refractivity contribution in [3.63, 3.8) is 0 Å². The molecule has 3 aliphatic rings. The molecule has 0 spiro atoms. The molecule has 0 amide bonds. The largest absolute Gasteiger partial charge is 0.462 e. The Bertz CT molecular complexity index is 1060. The van der Waals surface area contributed by atoms with Crippen LogP contribution >= 0.6 is 0 Å². The first-order valence-corrected chi connectivity index (χ1v) is 23.2. The molecule has 44 heavy (non-hydrogen) atoms. The average Bonchev–Trinajstić information content (AvgIpc) is 2.87. The molecular weight excluding hydrogens is 585 g/mol. The van der Waals surface area contributed by atoms with Crippen LogP contribution in [-0.4, -0.2) is 53.0 Å². The summed E-state index contributed by atoms with van der Waals surface area (Å²) in [7, 11) is -4.03. The third kappa shape index (κ3) is 8.98. The van der Waals surface area contributed by atoms with Crippen LogP contribution in [0, 0.1) is 23.7 Å². The lowest BCUT2D eigenvalue weighted by atomic mass is 9.66. The van der Waals surface area contributed by atoms with Crippen LogP contribution in [0.5, 0.6) is 0 Å². The Morgan fingerprint density at radius 1 is 0.955 bits per heavy atom. The first-order valence-electron chi connectivity index (χ1n) is 17.3. The van der Waals surface area contributed by atoms with Crippen molar-refractivity contribution in [2.45, 2.75) is 168 Å². The number of cyclic esters (lactones) is 1. The SMILES string of the molecule is CCC(CC)C(=O)O[C@H]1C[C@H](O[Si](C)(C)C(C)(C)C)C=C2C=C[C@@H](C)[C@H](CC[C@@H]3C[C@@H](O[Si](C)(C)C(C)(C)C)CC(=O)O3)[C@H]21. The zero-order chi connectivity index (χ0) is 33.3. The molecule has 3 rings (SSSR count). The van der Waals surface area contributed by atoms with Crippen LogP contribution in [0.1, 0.15) is 107 Å². The molecule has 1 heterocycles. The summed E-state index contributed by atoms with van der Waals surface area (Å²) in [5, 5.41) is 0.178. The van der Waals surface area contributed by atoms with Crippen LogP contribution in [0.2, 0.25) is 36.3 Å². The van der Waals surface area contributed by atoms with E-state index in [0.29, 0.717) is 18.8 Å². The fourth-order valence-corrected chi connectivity index (χ4v) is 9.20. The summed E-state index contributed by atoms with van der Waals surface area (Å²) in [5.74, 6) is 0.384. The third-order valence-corrected chi connectivity index (χ3v) is 20.5. The van der Waals surface area contributed by atoms with Crippen molar-refractivity contribution in [1.82, 2.24) is 0 Å². The van der Waals surface area contributed by atoms with E-state index in [2.05, 4.69) is 107 Å². The lowest BCUT2D eigenvalue weighted by molar-refractivity contribution is -0.162. The predicted octanol–water partition coefficient (Wildman–Crippen LogP) is 9.37. The van der Waals surface area contributed by atoms with Crippen LogP contribution in [-0.2, 0) is 27.9 Å². The van der Waals surface area contributed by atoms with Crippen molar-refractivity contribution in [2.24, 2.45) is 23.7 Å². The number of carbonyl (C=O) groups is 2. The minimum Gasteiger partial charge on any atom is -0.462 e. The minimum atomic E-state index is -2.03. The maximum absolute atomic E-state index is 13.4. The molecule has 0 N–H and O–H groups in total. The summed E-state index contributed by atoms with van der Waals surface area (Å²) in [6.45, 7) is 29.0. The number of esters is 2. The van der Waals surface area contributed by atoms with E-state index in [1.54, 1.807) is 0 Å². The van der Waals surface area contributed by atoms with E-state index in [9.17, 15) is 9.59 Å². The van der Waals surface area contributed by atoms with Gasteiger partial charge in [-0.25, -0.2) is 0 Å². The molecule has 1 saturated heterocycles. The van der Waals surface area contributed by atoms with E-state index >= 15 is 0 Å². The fourth-order valence-electron chi connectivity index (χ4n) is 6.56.